The monoisotopic (exact) mass is 580 g/mol. The largest absolute Gasteiger partial charge is 0.485 e. The highest BCUT2D eigenvalue weighted by molar-refractivity contribution is 7.26. The van der Waals surface area contributed by atoms with Crippen molar-refractivity contribution in [2.24, 2.45) is 0 Å². The number of hydrogen-bond acceptors (Lipinski definition) is 8. The first-order valence-corrected chi connectivity index (χ1v) is 12.1. The number of nitrogens with zero attached hydrogens (tertiary/aromatic N) is 2. The Labute approximate surface area is 214 Å². The fourth-order valence-electron chi connectivity index (χ4n) is 3.90. The highest BCUT2D eigenvalue weighted by Crippen LogP contribution is 2.62. The van der Waals surface area contributed by atoms with Gasteiger partial charge in [0.15, 0.2) is 46.3 Å². The second-order valence-corrected chi connectivity index (χ2v) is 9.66. The molecule has 198 valence electrons. The second-order valence-electron chi connectivity index (χ2n) is 7.62. The maximum absolute atomic E-state index is 14.6. The zero-order chi connectivity index (χ0) is 26.9. The van der Waals surface area contributed by atoms with Crippen molar-refractivity contribution in [3.63, 3.8) is 0 Å². The molecule has 6 heterocycles. The molecule has 0 N–H and O–H groups in total. The molecule has 0 saturated heterocycles. The van der Waals surface area contributed by atoms with Gasteiger partial charge in [0.25, 0.3) is 23.8 Å². The summed E-state index contributed by atoms with van der Waals surface area (Å²) in [6, 6.07) is 0. The summed E-state index contributed by atoms with van der Waals surface area (Å²) in [5.74, 6) is -15.6. The molecule has 0 spiro atoms. The number of fused-ring (bicyclic) bond motifs is 2. The van der Waals surface area contributed by atoms with Crippen LogP contribution < -0.4 is 18.9 Å². The van der Waals surface area contributed by atoms with Crippen molar-refractivity contribution in [3.8, 4) is 53.6 Å². The molecule has 0 atom stereocenters. The fraction of sp³-hybridized carbons (Fsp3) is 0.182. The van der Waals surface area contributed by atoms with Gasteiger partial charge < -0.3 is 18.9 Å². The van der Waals surface area contributed by atoms with Gasteiger partial charge in [-0.05, 0) is 0 Å². The normalized spacial score (nSPS) is 14.2. The lowest BCUT2D eigenvalue weighted by molar-refractivity contribution is 0.172. The lowest BCUT2D eigenvalue weighted by Crippen LogP contribution is -2.16. The van der Waals surface area contributed by atoms with E-state index in [4.69, 9.17) is 18.9 Å². The van der Waals surface area contributed by atoms with E-state index in [0.717, 1.165) is 0 Å². The highest BCUT2D eigenvalue weighted by Gasteiger charge is 2.37. The van der Waals surface area contributed by atoms with Gasteiger partial charge in [-0.2, -0.15) is 27.5 Å². The van der Waals surface area contributed by atoms with Gasteiger partial charge in [-0.3, -0.25) is 0 Å². The number of aromatic nitrogens is 2. The molecular formula is C22H8F8N2O4S2. The molecule has 16 heteroatoms. The van der Waals surface area contributed by atoms with Crippen molar-refractivity contribution in [1.82, 2.24) is 9.97 Å². The molecule has 4 aromatic heterocycles. The third kappa shape index (κ3) is 3.57. The molecule has 0 aliphatic carbocycles. The summed E-state index contributed by atoms with van der Waals surface area (Å²) in [6.07, 6.45) is 0. The Morgan fingerprint density at radius 2 is 0.684 bits per heavy atom. The predicted octanol–water partition coefficient (Wildman–Crippen LogP) is 6.26. The highest BCUT2D eigenvalue weighted by atomic mass is 32.1. The van der Waals surface area contributed by atoms with Crippen LogP contribution in [0, 0.1) is 47.1 Å². The third-order valence-corrected chi connectivity index (χ3v) is 7.96. The Balaban J connectivity index is 1.63. The predicted molar refractivity (Wildman–Crippen MR) is 116 cm³/mol. The van der Waals surface area contributed by atoms with Crippen LogP contribution >= 0.6 is 22.7 Å². The van der Waals surface area contributed by atoms with Gasteiger partial charge in [0.2, 0.25) is 0 Å². The molecule has 0 aromatic carbocycles. The first kappa shape index (κ1) is 24.7. The number of ether oxygens (including phenoxy) is 4. The van der Waals surface area contributed by atoms with Crippen LogP contribution in [0.1, 0.15) is 0 Å². The SMILES string of the molecule is Fc1nc(F)c(F)c(-c2sc(-c3sc(-c4c(F)c(F)nc(F)c4F)c4c3OCCO4)c3c2OCCO3)c1F. The molecule has 0 bridgehead atoms. The van der Waals surface area contributed by atoms with E-state index in [-0.39, 0.29) is 59.2 Å². The van der Waals surface area contributed by atoms with E-state index in [0.29, 0.717) is 22.7 Å². The second kappa shape index (κ2) is 8.97. The minimum atomic E-state index is -1.90. The Kier molecular flexibility index (Phi) is 5.82. The molecule has 38 heavy (non-hydrogen) atoms. The van der Waals surface area contributed by atoms with Crippen LogP contribution in [-0.4, -0.2) is 36.4 Å². The van der Waals surface area contributed by atoms with Crippen LogP contribution in [0.5, 0.6) is 23.0 Å². The van der Waals surface area contributed by atoms with Crippen molar-refractivity contribution >= 4 is 22.7 Å². The number of halogens is 8. The maximum Gasteiger partial charge on any atom is 0.252 e. The van der Waals surface area contributed by atoms with E-state index in [2.05, 4.69) is 9.97 Å². The van der Waals surface area contributed by atoms with E-state index in [1.165, 1.54) is 0 Å². The zero-order valence-electron chi connectivity index (χ0n) is 18.2. The average Bonchev–Trinajstić information content (AvgIpc) is 3.46. The van der Waals surface area contributed by atoms with Crippen LogP contribution in [0.15, 0.2) is 0 Å². The number of hydrogen-bond donors (Lipinski definition) is 0. The van der Waals surface area contributed by atoms with Crippen LogP contribution in [-0.2, 0) is 0 Å². The molecule has 6 nitrogen and oxygen atoms in total. The van der Waals surface area contributed by atoms with Gasteiger partial charge in [-0.1, -0.05) is 0 Å². The third-order valence-electron chi connectivity index (χ3n) is 5.45. The summed E-state index contributed by atoms with van der Waals surface area (Å²) in [7, 11) is 0. The molecule has 4 aromatic rings. The van der Waals surface area contributed by atoms with Crippen LogP contribution in [0.2, 0.25) is 0 Å². The van der Waals surface area contributed by atoms with E-state index < -0.39 is 67.9 Å². The van der Waals surface area contributed by atoms with Crippen LogP contribution in [0.3, 0.4) is 0 Å². The molecule has 6 rings (SSSR count). The Morgan fingerprint density at radius 3 is 0.974 bits per heavy atom. The van der Waals surface area contributed by atoms with E-state index in [9.17, 15) is 35.1 Å². The summed E-state index contributed by atoms with van der Waals surface area (Å²) in [6.45, 7) is -0.256. The molecule has 0 unspecified atom stereocenters. The minimum Gasteiger partial charge on any atom is -0.485 e. The van der Waals surface area contributed by atoms with Gasteiger partial charge in [0.05, 0.1) is 30.6 Å². The summed E-state index contributed by atoms with van der Waals surface area (Å²) < 4.78 is 136. The molecular weight excluding hydrogens is 572 g/mol. The first-order valence-electron chi connectivity index (χ1n) is 10.4. The van der Waals surface area contributed by atoms with Gasteiger partial charge in [-0.25, -0.2) is 17.6 Å². The Bertz CT molecular complexity index is 1470. The summed E-state index contributed by atoms with van der Waals surface area (Å²) >= 11 is 1.12. The van der Waals surface area contributed by atoms with Crippen molar-refractivity contribution in [3.05, 3.63) is 47.1 Å². The number of thiophene rings is 2. The van der Waals surface area contributed by atoms with Gasteiger partial charge in [0.1, 0.15) is 26.4 Å². The number of pyridine rings is 2. The Morgan fingerprint density at radius 1 is 0.421 bits per heavy atom. The number of rotatable bonds is 3. The van der Waals surface area contributed by atoms with Gasteiger partial charge in [-0.15, -0.1) is 22.7 Å². The maximum atomic E-state index is 14.6. The minimum absolute atomic E-state index is 0.0138. The van der Waals surface area contributed by atoms with Crippen molar-refractivity contribution in [2.75, 3.05) is 26.4 Å². The van der Waals surface area contributed by atoms with E-state index in [1.54, 1.807) is 0 Å². The molecule has 0 saturated carbocycles. The molecule has 0 amide bonds. The van der Waals surface area contributed by atoms with Crippen LogP contribution in [0.25, 0.3) is 30.6 Å². The fourth-order valence-corrected chi connectivity index (χ4v) is 6.47. The molecule has 0 radical (unpaired) electrons. The van der Waals surface area contributed by atoms with E-state index >= 15 is 0 Å². The zero-order valence-corrected chi connectivity index (χ0v) is 19.8. The van der Waals surface area contributed by atoms with Crippen LogP contribution in [0.4, 0.5) is 35.1 Å². The van der Waals surface area contributed by atoms with E-state index in [1.807, 2.05) is 0 Å². The average molecular weight is 580 g/mol. The van der Waals surface area contributed by atoms with Gasteiger partial charge in [0, 0.05) is 0 Å². The molecule has 2 aliphatic heterocycles. The summed E-state index contributed by atoms with van der Waals surface area (Å²) in [5.41, 5.74) is -2.24. The van der Waals surface area contributed by atoms with Crippen molar-refractivity contribution in [1.29, 1.82) is 0 Å². The smallest absolute Gasteiger partial charge is 0.252 e. The van der Waals surface area contributed by atoms with Gasteiger partial charge >= 0.3 is 0 Å². The lowest BCUT2D eigenvalue weighted by Gasteiger charge is -2.19. The summed E-state index contributed by atoms with van der Waals surface area (Å²) in [5, 5.41) is 0. The molecule has 0 fully saturated rings. The topological polar surface area (TPSA) is 62.7 Å². The summed E-state index contributed by atoms with van der Waals surface area (Å²) in [4.78, 5) is 4.28. The van der Waals surface area contributed by atoms with Crippen molar-refractivity contribution < 1.29 is 54.1 Å². The first-order chi connectivity index (χ1) is 18.2. The quantitative estimate of drug-likeness (QED) is 0.211. The molecule has 2 aliphatic rings. The van der Waals surface area contributed by atoms with Crippen molar-refractivity contribution in [2.45, 2.75) is 0 Å². The lowest BCUT2D eigenvalue weighted by atomic mass is 10.1. The standard InChI is InChI=1S/C22H8F8N2O4S2/c23-7-5(8(24)20(28)31-19(7)27)15-11-13(35-3-1-33-11)17(37-15)18-14-12(34-2-4-36-14)16(38-18)6-9(25)21(29)32-22(30)10(6)26/h1-4H2. The Hall–Kier alpha value is -3.66.